The Morgan fingerprint density at radius 3 is 2.24 bits per heavy atom. The lowest BCUT2D eigenvalue weighted by atomic mass is 9.97. The van der Waals surface area contributed by atoms with Crippen LogP contribution in [0.3, 0.4) is 0 Å². The number of carbonyl (C=O) groups is 2. The molecular formula is C16H16O4S. The number of thiophene rings is 1. The van der Waals surface area contributed by atoms with Gasteiger partial charge in [0, 0.05) is 6.07 Å². The van der Waals surface area contributed by atoms with Gasteiger partial charge in [0.15, 0.2) is 0 Å². The van der Waals surface area contributed by atoms with Crippen molar-refractivity contribution in [2.75, 3.05) is 0 Å². The Morgan fingerprint density at radius 1 is 1.00 bits per heavy atom. The van der Waals surface area contributed by atoms with Crippen LogP contribution in [0.4, 0.5) is 0 Å². The minimum atomic E-state index is -0.594. The fourth-order valence-corrected chi connectivity index (χ4v) is 2.01. The molecule has 21 heavy (non-hydrogen) atoms. The van der Waals surface area contributed by atoms with Gasteiger partial charge in [0.1, 0.15) is 16.4 Å². The zero-order valence-corrected chi connectivity index (χ0v) is 12.9. The molecule has 110 valence electrons. The SMILES string of the molecule is CC(C)(C)C(=O)Oc1cccc(OC(=O)c2cccs2)c1. The van der Waals surface area contributed by atoms with Gasteiger partial charge in [-0.2, -0.15) is 0 Å². The van der Waals surface area contributed by atoms with Crippen molar-refractivity contribution in [1.82, 2.24) is 0 Å². The molecule has 0 bridgehead atoms. The fraction of sp³-hybridized carbons (Fsp3) is 0.250. The lowest BCUT2D eigenvalue weighted by Gasteiger charge is -2.16. The smallest absolute Gasteiger partial charge is 0.353 e. The predicted molar refractivity (Wildman–Crippen MR) is 80.8 cm³/mol. The largest absolute Gasteiger partial charge is 0.426 e. The van der Waals surface area contributed by atoms with Crippen LogP contribution in [0.2, 0.25) is 0 Å². The van der Waals surface area contributed by atoms with Gasteiger partial charge in [-0.15, -0.1) is 11.3 Å². The van der Waals surface area contributed by atoms with Crippen molar-refractivity contribution >= 4 is 23.3 Å². The van der Waals surface area contributed by atoms with Crippen LogP contribution in [0.1, 0.15) is 30.4 Å². The first-order valence-corrected chi connectivity index (χ1v) is 7.32. The lowest BCUT2D eigenvalue weighted by molar-refractivity contribution is -0.142. The predicted octanol–water partition coefficient (Wildman–Crippen LogP) is 3.92. The number of rotatable bonds is 3. The first-order chi connectivity index (χ1) is 9.86. The molecule has 0 saturated heterocycles. The Balaban J connectivity index is 2.08. The monoisotopic (exact) mass is 304 g/mol. The maximum atomic E-state index is 11.8. The zero-order valence-electron chi connectivity index (χ0n) is 12.1. The summed E-state index contributed by atoms with van der Waals surface area (Å²) >= 11 is 1.31. The molecule has 1 heterocycles. The zero-order chi connectivity index (χ0) is 15.5. The molecule has 4 nitrogen and oxygen atoms in total. The van der Waals surface area contributed by atoms with E-state index in [4.69, 9.17) is 9.47 Å². The van der Waals surface area contributed by atoms with Crippen molar-refractivity contribution in [2.45, 2.75) is 20.8 Å². The van der Waals surface area contributed by atoms with E-state index in [9.17, 15) is 9.59 Å². The van der Waals surface area contributed by atoms with E-state index >= 15 is 0 Å². The molecule has 0 unspecified atom stereocenters. The van der Waals surface area contributed by atoms with Crippen LogP contribution in [0, 0.1) is 5.41 Å². The van der Waals surface area contributed by atoms with Crippen LogP contribution >= 0.6 is 11.3 Å². The number of hydrogen-bond acceptors (Lipinski definition) is 5. The van der Waals surface area contributed by atoms with E-state index in [-0.39, 0.29) is 5.97 Å². The van der Waals surface area contributed by atoms with E-state index in [1.807, 2.05) is 0 Å². The van der Waals surface area contributed by atoms with Gasteiger partial charge in [-0.25, -0.2) is 4.79 Å². The van der Waals surface area contributed by atoms with Gasteiger partial charge in [-0.05, 0) is 44.4 Å². The number of ether oxygens (including phenoxy) is 2. The Bertz CT molecular complexity index is 639. The number of carbonyl (C=O) groups excluding carboxylic acids is 2. The van der Waals surface area contributed by atoms with E-state index in [2.05, 4.69) is 0 Å². The molecule has 0 saturated carbocycles. The summed E-state index contributed by atoms with van der Waals surface area (Å²) < 4.78 is 10.5. The second-order valence-electron chi connectivity index (χ2n) is 5.48. The summed E-state index contributed by atoms with van der Waals surface area (Å²) in [6, 6.07) is 9.95. The third-order valence-electron chi connectivity index (χ3n) is 2.56. The molecule has 1 aromatic heterocycles. The molecule has 0 atom stereocenters. The van der Waals surface area contributed by atoms with Gasteiger partial charge < -0.3 is 9.47 Å². The van der Waals surface area contributed by atoms with Crippen molar-refractivity contribution in [2.24, 2.45) is 5.41 Å². The Kier molecular flexibility index (Phi) is 4.43. The highest BCUT2D eigenvalue weighted by Crippen LogP contribution is 2.24. The molecule has 0 aliphatic rings. The van der Waals surface area contributed by atoms with Crippen LogP contribution in [-0.2, 0) is 4.79 Å². The normalized spacial score (nSPS) is 11.0. The van der Waals surface area contributed by atoms with E-state index < -0.39 is 11.4 Å². The number of hydrogen-bond donors (Lipinski definition) is 0. The lowest BCUT2D eigenvalue weighted by Crippen LogP contribution is -2.25. The summed E-state index contributed by atoms with van der Waals surface area (Å²) in [5.41, 5.74) is -0.594. The van der Waals surface area contributed by atoms with Crippen LogP contribution in [0.15, 0.2) is 41.8 Å². The van der Waals surface area contributed by atoms with Gasteiger partial charge in [0.05, 0.1) is 5.41 Å². The molecular weight excluding hydrogens is 288 g/mol. The van der Waals surface area contributed by atoms with Crippen LogP contribution in [-0.4, -0.2) is 11.9 Å². The maximum Gasteiger partial charge on any atom is 0.353 e. The van der Waals surface area contributed by atoms with Gasteiger partial charge in [0.25, 0.3) is 0 Å². The second kappa shape index (κ2) is 6.10. The summed E-state index contributed by atoms with van der Waals surface area (Å²) in [4.78, 5) is 24.2. The molecule has 2 aromatic rings. The van der Waals surface area contributed by atoms with Crippen LogP contribution in [0.25, 0.3) is 0 Å². The van der Waals surface area contributed by atoms with E-state index in [0.29, 0.717) is 16.4 Å². The van der Waals surface area contributed by atoms with Crippen molar-refractivity contribution in [3.63, 3.8) is 0 Å². The average Bonchev–Trinajstić information content (AvgIpc) is 2.91. The molecule has 0 radical (unpaired) electrons. The minimum Gasteiger partial charge on any atom is -0.426 e. The van der Waals surface area contributed by atoms with E-state index in [1.54, 1.807) is 56.5 Å². The van der Waals surface area contributed by atoms with Crippen molar-refractivity contribution in [3.05, 3.63) is 46.7 Å². The van der Waals surface area contributed by atoms with E-state index in [1.165, 1.54) is 17.4 Å². The molecule has 0 fully saturated rings. The van der Waals surface area contributed by atoms with Crippen molar-refractivity contribution in [1.29, 1.82) is 0 Å². The molecule has 0 amide bonds. The molecule has 5 heteroatoms. The highest BCUT2D eigenvalue weighted by Gasteiger charge is 2.23. The summed E-state index contributed by atoms with van der Waals surface area (Å²) in [6.07, 6.45) is 0. The average molecular weight is 304 g/mol. The highest BCUT2D eigenvalue weighted by molar-refractivity contribution is 7.12. The van der Waals surface area contributed by atoms with Crippen LogP contribution in [0.5, 0.6) is 11.5 Å². The first kappa shape index (κ1) is 15.3. The van der Waals surface area contributed by atoms with Gasteiger partial charge in [0.2, 0.25) is 0 Å². The summed E-state index contributed by atoms with van der Waals surface area (Å²) in [5, 5.41) is 1.80. The molecule has 2 rings (SSSR count). The summed E-state index contributed by atoms with van der Waals surface area (Å²) in [7, 11) is 0. The van der Waals surface area contributed by atoms with E-state index in [0.717, 1.165) is 0 Å². The van der Waals surface area contributed by atoms with Gasteiger partial charge in [-0.1, -0.05) is 12.1 Å². The minimum absolute atomic E-state index is 0.340. The van der Waals surface area contributed by atoms with Gasteiger partial charge in [-0.3, -0.25) is 4.79 Å². The van der Waals surface area contributed by atoms with Gasteiger partial charge >= 0.3 is 11.9 Å². The highest BCUT2D eigenvalue weighted by atomic mass is 32.1. The summed E-state index contributed by atoms with van der Waals surface area (Å²) in [6.45, 7) is 5.32. The molecule has 0 N–H and O–H groups in total. The van der Waals surface area contributed by atoms with Crippen molar-refractivity contribution < 1.29 is 19.1 Å². The summed E-state index contributed by atoms with van der Waals surface area (Å²) in [5.74, 6) is -0.0763. The Morgan fingerprint density at radius 2 is 1.67 bits per heavy atom. The standard InChI is InChI=1S/C16H16O4S/c1-16(2,3)15(18)20-12-7-4-6-11(10-12)19-14(17)13-8-5-9-21-13/h4-10H,1-3H3. The first-order valence-electron chi connectivity index (χ1n) is 6.44. The molecule has 0 aliphatic carbocycles. The number of benzene rings is 1. The molecule has 1 aromatic carbocycles. The molecule has 0 aliphatic heterocycles. The quantitative estimate of drug-likeness (QED) is 0.637. The number of esters is 2. The Labute approximate surface area is 127 Å². The third-order valence-corrected chi connectivity index (χ3v) is 3.41. The van der Waals surface area contributed by atoms with Crippen LogP contribution < -0.4 is 9.47 Å². The molecule has 0 spiro atoms. The topological polar surface area (TPSA) is 52.6 Å². The Hall–Kier alpha value is -2.14. The van der Waals surface area contributed by atoms with Crippen molar-refractivity contribution in [3.8, 4) is 11.5 Å². The second-order valence-corrected chi connectivity index (χ2v) is 6.43. The third kappa shape index (κ3) is 4.16. The fourth-order valence-electron chi connectivity index (χ4n) is 1.41. The maximum absolute atomic E-state index is 11.8.